The molecule has 0 aliphatic heterocycles. The Morgan fingerprint density at radius 3 is 1.02 bits per heavy atom. The van der Waals surface area contributed by atoms with Gasteiger partial charge in [0.1, 0.15) is 4.90 Å². The molecular formula is C20H44N3Na3O21S3. The average molecular weight is 828 g/mol. The molecular weight excluding hydrogens is 783 g/mol. The number of phenolic OH excluding ortho intramolecular Hbond substituents is 2. The van der Waals surface area contributed by atoms with E-state index in [1.807, 2.05) is 0 Å². The summed E-state index contributed by atoms with van der Waals surface area (Å²) in [6.45, 7) is 8.55. The van der Waals surface area contributed by atoms with E-state index >= 15 is 0 Å². The third-order valence-corrected chi connectivity index (χ3v) is 3.94. The minimum atomic E-state index is -4.92. The standard InChI is InChI=1S/C6H6O8S2.C4H13N3.5C2H4O2.3Na.H2O3S.3H/c7-4-1-3(15(9,10)11)2-5(6(4)8)16(12,13)14;5-1-3-7-4-2-6;5*1-2(3)4;;;;1-4(2)3;;;/h1-2,7-8H,(H,9,10,11)(H,12,13,14);7H,1-6H2;5*1H3,(H,3,4);;;;(H2,1,2,3);;;. The predicted molar refractivity (Wildman–Crippen MR) is 182 cm³/mol. The number of carboxylic acid groups (broad SMARTS) is 5. The summed E-state index contributed by atoms with van der Waals surface area (Å²) in [6.07, 6.45) is 0. The molecule has 0 saturated carbocycles. The number of carboxylic acids is 5. The first-order valence-electron chi connectivity index (χ1n) is 11.2. The molecule has 0 unspecified atom stereocenters. The molecule has 0 aromatic heterocycles. The van der Waals surface area contributed by atoms with Crippen molar-refractivity contribution < 1.29 is 99.0 Å². The number of phenols is 2. The zero-order valence-electron chi connectivity index (χ0n) is 25.4. The van der Waals surface area contributed by atoms with Crippen LogP contribution in [-0.4, -0.2) is 220 Å². The summed E-state index contributed by atoms with van der Waals surface area (Å²) in [5.74, 6) is -6.49. The van der Waals surface area contributed by atoms with Crippen molar-refractivity contribution in [3.05, 3.63) is 12.1 Å². The molecule has 1 aromatic rings. The fraction of sp³-hybridized carbons (Fsp3) is 0.450. The summed E-state index contributed by atoms with van der Waals surface area (Å²) in [6, 6.07) is 0.735. The molecule has 1 aromatic carbocycles. The summed E-state index contributed by atoms with van der Waals surface area (Å²) in [7, 11) is -9.70. The second-order valence-electron chi connectivity index (χ2n) is 6.89. The van der Waals surface area contributed by atoms with Crippen LogP contribution in [0.3, 0.4) is 0 Å². The second-order valence-corrected chi connectivity index (χ2v) is 10.2. The van der Waals surface area contributed by atoms with Gasteiger partial charge in [0, 0.05) is 66.9 Å². The van der Waals surface area contributed by atoms with Gasteiger partial charge in [0.05, 0.1) is 4.90 Å². The van der Waals surface area contributed by atoms with Crippen molar-refractivity contribution in [1.29, 1.82) is 0 Å². The molecule has 0 fully saturated rings. The number of nitrogens with one attached hydrogen (secondary N) is 1. The van der Waals surface area contributed by atoms with Gasteiger partial charge in [-0.15, -0.1) is 0 Å². The van der Waals surface area contributed by atoms with Crippen molar-refractivity contribution in [2.75, 3.05) is 26.2 Å². The van der Waals surface area contributed by atoms with Crippen LogP contribution in [0.15, 0.2) is 21.9 Å². The van der Waals surface area contributed by atoms with Crippen LogP contribution in [0.25, 0.3) is 0 Å². The summed E-state index contributed by atoms with van der Waals surface area (Å²) >= 11 is -2.61. The van der Waals surface area contributed by atoms with Crippen LogP contribution in [-0.2, 0) is 55.6 Å². The van der Waals surface area contributed by atoms with Crippen LogP contribution in [0.2, 0.25) is 0 Å². The molecule has 0 aliphatic rings. The molecule has 0 aliphatic carbocycles. The third-order valence-electron chi connectivity index (χ3n) is 2.25. The van der Waals surface area contributed by atoms with E-state index in [0.717, 1.165) is 47.7 Å². The Kier molecular flexibility index (Phi) is 68.2. The molecule has 0 heterocycles. The molecule has 16 N–H and O–H groups in total. The summed E-state index contributed by atoms with van der Waals surface area (Å²) in [4.78, 5) is 42.8. The summed E-state index contributed by atoms with van der Waals surface area (Å²) in [5, 5.41) is 58.2. The Hall–Kier alpha value is -1.06. The number of rotatable bonds is 6. The van der Waals surface area contributed by atoms with Crippen molar-refractivity contribution in [2.24, 2.45) is 11.5 Å². The van der Waals surface area contributed by atoms with E-state index in [1.165, 1.54) is 0 Å². The zero-order chi connectivity index (χ0) is 39.7. The third kappa shape index (κ3) is 103. The van der Waals surface area contributed by atoms with Gasteiger partial charge in [-0.25, -0.2) is 0 Å². The van der Waals surface area contributed by atoms with Gasteiger partial charge in [-0.05, 0) is 6.07 Å². The second kappa shape index (κ2) is 46.0. The number of hydrogen-bond donors (Lipinski definition) is 14. The molecule has 1 rings (SSSR count). The van der Waals surface area contributed by atoms with E-state index < -0.39 is 82.7 Å². The minimum absolute atomic E-state index is 0. The van der Waals surface area contributed by atoms with E-state index in [4.69, 9.17) is 93.6 Å². The number of hydrogen-bond acceptors (Lipinski definition) is 15. The van der Waals surface area contributed by atoms with Crippen molar-refractivity contribution in [2.45, 2.75) is 44.4 Å². The Labute approximate surface area is 356 Å². The van der Waals surface area contributed by atoms with E-state index in [-0.39, 0.29) is 88.7 Å². The normalized spacial score (nSPS) is 8.56. The van der Waals surface area contributed by atoms with E-state index in [2.05, 4.69) is 5.32 Å². The van der Waals surface area contributed by atoms with Gasteiger partial charge >= 0.3 is 88.7 Å². The van der Waals surface area contributed by atoms with Gasteiger partial charge in [-0.2, -0.15) is 21.0 Å². The number of aliphatic carboxylic acids is 5. The van der Waals surface area contributed by atoms with Gasteiger partial charge in [0.2, 0.25) is 0 Å². The van der Waals surface area contributed by atoms with Crippen molar-refractivity contribution in [3.8, 4) is 11.5 Å². The van der Waals surface area contributed by atoms with E-state index in [9.17, 15) is 16.8 Å². The molecule has 286 valence electrons. The Morgan fingerprint density at radius 1 is 0.640 bits per heavy atom. The number of nitrogens with two attached hydrogens (primary N) is 2. The van der Waals surface area contributed by atoms with Gasteiger partial charge in [0.25, 0.3) is 61.4 Å². The molecule has 30 heteroatoms. The Balaban J connectivity index is -0.0000000501. The van der Waals surface area contributed by atoms with Crippen molar-refractivity contribution in [1.82, 2.24) is 5.32 Å². The number of benzene rings is 1. The maximum atomic E-state index is 10.7. The molecule has 24 nitrogen and oxygen atoms in total. The van der Waals surface area contributed by atoms with Crippen molar-refractivity contribution in [3.63, 3.8) is 0 Å². The van der Waals surface area contributed by atoms with E-state index in [0.29, 0.717) is 25.2 Å². The van der Waals surface area contributed by atoms with Crippen LogP contribution >= 0.6 is 0 Å². The van der Waals surface area contributed by atoms with Gasteiger partial charge in [-0.1, -0.05) is 0 Å². The topological polar surface area (TPSA) is 457 Å². The first-order chi connectivity index (χ1) is 20.8. The quantitative estimate of drug-likeness (QED) is 0.0431. The number of carbonyl (C=O) groups is 5. The van der Waals surface area contributed by atoms with Crippen LogP contribution in [0, 0.1) is 0 Å². The van der Waals surface area contributed by atoms with Crippen LogP contribution in [0.5, 0.6) is 11.5 Å². The van der Waals surface area contributed by atoms with Gasteiger partial charge < -0.3 is 52.5 Å². The van der Waals surface area contributed by atoms with Crippen LogP contribution in [0.1, 0.15) is 34.6 Å². The predicted octanol–water partition coefficient (Wildman–Crippen LogP) is -3.73. The Bertz CT molecular complexity index is 1180. The fourth-order valence-corrected chi connectivity index (χ4v) is 2.47. The van der Waals surface area contributed by atoms with Gasteiger partial charge in [0.15, 0.2) is 11.5 Å². The molecule has 0 spiro atoms. The zero-order valence-corrected chi connectivity index (χ0v) is 27.8. The van der Waals surface area contributed by atoms with E-state index in [1.54, 1.807) is 0 Å². The molecule has 0 radical (unpaired) electrons. The molecule has 0 atom stereocenters. The van der Waals surface area contributed by atoms with Crippen LogP contribution < -0.4 is 16.8 Å². The monoisotopic (exact) mass is 827 g/mol. The fourth-order valence-electron chi connectivity index (χ4n) is 1.24. The molecule has 50 heavy (non-hydrogen) atoms. The maximum absolute atomic E-state index is 10.7. The first kappa shape index (κ1) is 74.2. The molecule has 0 amide bonds. The summed E-state index contributed by atoms with van der Waals surface area (Å²) < 4.78 is 82.7. The number of aromatic hydroxyl groups is 2. The molecule has 0 bridgehead atoms. The first-order valence-corrected chi connectivity index (χ1v) is 15.2. The SMILES string of the molecule is CC(=O)O.CC(=O)O.CC(=O)O.CC(=O)O.CC(=O)O.NCCNCCN.O=S(=O)(O)c1cc(O)c(O)c(S(=O)(=O)O)c1.O=S(O)O.[NaH].[NaH].[NaH]. The average Bonchev–Trinajstić information content (AvgIpc) is 2.78. The Morgan fingerprint density at radius 2 is 0.860 bits per heavy atom. The van der Waals surface area contributed by atoms with Gasteiger partial charge in [-0.3, -0.25) is 42.2 Å². The van der Waals surface area contributed by atoms with Crippen LogP contribution in [0.4, 0.5) is 0 Å². The van der Waals surface area contributed by atoms with Crippen molar-refractivity contribution >= 4 is 150 Å². The summed E-state index contributed by atoms with van der Waals surface area (Å²) in [5.41, 5.74) is 10.3. The molecule has 0 saturated heterocycles.